The van der Waals surface area contributed by atoms with Crippen LogP contribution >= 0.6 is 0 Å². The number of amides is 1. The second-order valence-electron chi connectivity index (χ2n) is 9.14. The van der Waals surface area contributed by atoms with Crippen LogP contribution in [0.15, 0.2) is 48.8 Å². The molecule has 0 aliphatic carbocycles. The summed E-state index contributed by atoms with van der Waals surface area (Å²) >= 11 is 0. The Labute approximate surface area is 201 Å². The molecule has 0 spiro atoms. The molecule has 9 nitrogen and oxygen atoms in total. The Bertz CT molecular complexity index is 1360. The highest BCUT2D eigenvalue weighted by molar-refractivity contribution is 5.97. The molecule has 6 rings (SSSR count). The lowest BCUT2D eigenvalue weighted by Crippen LogP contribution is -2.44. The third-order valence-corrected chi connectivity index (χ3v) is 6.91. The molecular weight excluding hydrogens is 449 g/mol. The summed E-state index contributed by atoms with van der Waals surface area (Å²) in [4.78, 5) is 22.3. The Morgan fingerprint density at radius 2 is 2.06 bits per heavy atom. The first-order valence-corrected chi connectivity index (χ1v) is 11.9. The number of fused-ring (bicyclic) bond motifs is 2. The number of H-pyrrole nitrogens is 1. The maximum atomic E-state index is 14.2. The summed E-state index contributed by atoms with van der Waals surface area (Å²) in [5, 5.41) is 11.9. The van der Waals surface area contributed by atoms with Crippen LogP contribution in [0.5, 0.6) is 0 Å². The van der Waals surface area contributed by atoms with Gasteiger partial charge in [0.1, 0.15) is 17.6 Å². The molecule has 180 valence electrons. The van der Waals surface area contributed by atoms with Crippen LogP contribution in [0.3, 0.4) is 0 Å². The molecule has 1 amide bonds. The van der Waals surface area contributed by atoms with Crippen LogP contribution < -0.4 is 5.32 Å². The van der Waals surface area contributed by atoms with Crippen molar-refractivity contribution in [2.75, 3.05) is 13.1 Å². The normalized spacial score (nSPS) is 19.1. The molecule has 2 N–H and O–H groups in total. The van der Waals surface area contributed by atoms with Gasteiger partial charge in [-0.3, -0.25) is 9.69 Å². The lowest BCUT2D eigenvalue weighted by atomic mass is 10.0. The predicted molar refractivity (Wildman–Crippen MR) is 126 cm³/mol. The molecule has 2 aromatic heterocycles. The SMILES string of the molecule is O=C(NC1CCN(Cc2nnn3c2CO[C@H](c2ccccc2F)C3)CC1)c1ccc2nc[nH]c2c1. The van der Waals surface area contributed by atoms with Gasteiger partial charge in [0.05, 0.1) is 36.2 Å². The number of halogens is 1. The number of benzene rings is 2. The fourth-order valence-corrected chi connectivity index (χ4v) is 4.90. The topological polar surface area (TPSA) is 101 Å². The van der Waals surface area contributed by atoms with Crippen molar-refractivity contribution in [3.63, 3.8) is 0 Å². The average molecular weight is 476 g/mol. The standard InChI is InChI=1S/C25H26FN7O2/c26-19-4-2-1-3-18(19)24-13-33-23(14-35-24)22(30-31-33)12-32-9-7-17(8-10-32)29-25(34)16-5-6-20-21(11-16)28-15-27-20/h1-6,11,15,17,24H,7-10,12-14H2,(H,27,28)(H,29,34)/t24-/m0/s1. The number of carbonyl (C=O) groups excluding carboxylic acids is 1. The van der Waals surface area contributed by atoms with Gasteiger partial charge in [0.2, 0.25) is 0 Å². The van der Waals surface area contributed by atoms with Crippen LogP contribution in [-0.2, 0) is 24.4 Å². The van der Waals surface area contributed by atoms with E-state index >= 15 is 0 Å². The van der Waals surface area contributed by atoms with Crippen LogP contribution in [0.25, 0.3) is 11.0 Å². The summed E-state index contributed by atoms with van der Waals surface area (Å²) < 4.78 is 22.0. The molecule has 2 aliphatic heterocycles. The van der Waals surface area contributed by atoms with Crippen molar-refractivity contribution >= 4 is 16.9 Å². The maximum absolute atomic E-state index is 14.2. The Morgan fingerprint density at radius 3 is 2.91 bits per heavy atom. The number of hydrogen-bond acceptors (Lipinski definition) is 6. The van der Waals surface area contributed by atoms with Crippen molar-refractivity contribution in [3.05, 3.63) is 77.1 Å². The molecule has 10 heteroatoms. The molecular formula is C25H26FN7O2. The van der Waals surface area contributed by atoms with E-state index in [1.807, 2.05) is 22.9 Å². The number of aromatic amines is 1. The number of ether oxygens (including phenoxy) is 1. The van der Waals surface area contributed by atoms with Gasteiger partial charge < -0.3 is 15.0 Å². The van der Waals surface area contributed by atoms with E-state index in [4.69, 9.17) is 4.74 Å². The summed E-state index contributed by atoms with van der Waals surface area (Å²) in [5.41, 5.74) is 4.72. The number of carbonyl (C=O) groups is 1. The highest BCUT2D eigenvalue weighted by Crippen LogP contribution is 2.29. The predicted octanol–water partition coefficient (Wildman–Crippen LogP) is 2.96. The number of nitrogens with one attached hydrogen (secondary N) is 2. The second kappa shape index (κ2) is 9.20. The van der Waals surface area contributed by atoms with Gasteiger partial charge in [0.25, 0.3) is 5.91 Å². The Morgan fingerprint density at radius 1 is 1.20 bits per heavy atom. The largest absolute Gasteiger partial charge is 0.365 e. The maximum Gasteiger partial charge on any atom is 0.251 e. The zero-order chi connectivity index (χ0) is 23.8. The minimum absolute atomic E-state index is 0.0612. The first-order valence-electron chi connectivity index (χ1n) is 11.9. The van der Waals surface area contributed by atoms with Gasteiger partial charge in [-0.2, -0.15) is 0 Å². The third-order valence-electron chi connectivity index (χ3n) is 6.91. The summed E-state index contributed by atoms with van der Waals surface area (Å²) in [6.45, 7) is 3.20. The summed E-state index contributed by atoms with van der Waals surface area (Å²) in [6, 6.07) is 12.3. The van der Waals surface area contributed by atoms with Gasteiger partial charge in [0.15, 0.2) is 0 Å². The zero-order valence-electron chi connectivity index (χ0n) is 19.2. The quantitative estimate of drug-likeness (QED) is 0.460. The highest BCUT2D eigenvalue weighted by atomic mass is 19.1. The second-order valence-corrected chi connectivity index (χ2v) is 9.14. The van der Waals surface area contributed by atoms with E-state index in [1.165, 1.54) is 6.07 Å². The molecule has 1 atom stereocenters. The third kappa shape index (κ3) is 4.42. The van der Waals surface area contributed by atoms with E-state index in [-0.39, 0.29) is 23.9 Å². The highest BCUT2D eigenvalue weighted by Gasteiger charge is 2.28. The number of rotatable bonds is 5. The Kier molecular flexibility index (Phi) is 5.75. The van der Waals surface area contributed by atoms with Crippen molar-refractivity contribution in [1.29, 1.82) is 0 Å². The summed E-state index contributed by atoms with van der Waals surface area (Å²) in [6.07, 6.45) is 3.00. The molecule has 0 unspecified atom stereocenters. The van der Waals surface area contributed by atoms with E-state index < -0.39 is 0 Å². The lowest BCUT2D eigenvalue weighted by Gasteiger charge is -2.32. The molecule has 1 saturated heterocycles. The smallest absolute Gasteiger partial charge is 0.251 e. The Balaban J connectivity index is 1.03. The van der Waals surface area contributed by atoms with Crippen LogP contribution in [0.4, 0.5) is 4.39 Å². The van der Waals surface area contributed by atoms with Crippen LogP contribution in [0.2, 0.25) is 0 Å². The number of imidazole rings is 1. The van der Waals surface area contributed by atoms with Gasteiger partial charge in [-0.15, -0.1) is 5.10 Å². The van der Waals surface area contributed by atoms with Crippen LogP contribution in [0, 0.1) is 5.82 Å². The lowest BCUT2D eigenvalue weighted by molar-refractivity contribution is -0.00414. The fourth-order valence-electron chi connectivity index (χ4n) is 4.90. The number of hydrogen-bond donors (Lipinski definition) is 2. The zero-order valence-corrected chi connectivity index (χ0v) is 19.2. The molecule has 4 heterocycles. The van der Waals surface area contributed by atoms with Gasteiger partial charge in [-0.1, -0.05) is 23.4 Å². The summed E-state index contributed by atoms with van der Waals surface area (Å²) in [7, 11) is 0. The van der Waals surface area contributed by atoms with Gasteiger partial charge in [-0.05, 0) is 37.1 Å². The van der Waals surface area contributed by atoms with E-state index in [2.05, 4.69) is 30.5 Å². The van der Waals surface area contributed by atoms with E-state index in [0.717, 1.165) is 48.4 Å². The monoisotopic (exact) mass is 475 g/mol. The van der Waals surface area contributed by atoms with Crippen molar-refractivity contribution < 1.29 is 13.9 Å². The van der Waals surface area contributed by atoms with Gasteiger partial charge >= 0.3 is 0 Å². The molecule has 0 radical (unpaired) electrons. The van der Waals surface area contributed by atoms with Crippen molar-refractivity contribution in [3.8, 4) is 0 Å². The fraction of sp³-hybridized carbons (Fsp3) is 0.360. The summed E-state index contributed by atoms with van der Waals surface area (Å²) in [5.74, 6) is -0.327. The molecule has 0 saturated carbocycles. The first kappa shape index (κ1) is 21.9. The molecule has 2 aliphatic rings. The number of piperidine rings is 1. The minimum atomic E-state index is -0.369. The van der Waals surface area contributed by atoms with Gasteiger partial charge in [0, 0.05) is 36.8 Å². The molecule has 2 aromatic carbocycles. The van der Waals surface area contributed by atoms with Gasteiger partial charge in [-0.25, -0.2) is 14.1 Å². The van der Waals surface area contributed by atoms with Crippen molar-refractivity contribution in [2.45, 2.75) is 44.7 Å². The number of nitrogens with zero attached hydrogens (tertiary/aromatic N) is 5. The average Bonchev–Trinajstić information content (AvgIpc) is 3.51. The van der Waals surface area contributed by atoms with Crippen molar-refractivity contribution in [1.82, 2.24) is 35.2 Å². The first-order chi connectivity index (χ1) is 17.1. The van der Waals surface area contributed by atoms with Crippen molar-refractivity contribution in [2.24, 2.45) is 0 Å². The van der Waals surface area contributed by atoms with E-state index in [1.54, 1.807) is 24.5 Å². The van der Waals surface area contributed by atoms with E-state index in [9.17, 15) is 9.18 Å². The van der Waals surface area contributed by atoms with E-state index in [0.29, 0.717) is 30.8 Å². The number of likely N-dealkylation sites (tertiary alicyclic amines) is 1. The number of aromatic nitrogens is 5. The van der Waals surface area contributed by atoms with Crippen LogP contribution in [0.1, 0.15) is 46.3 Å². The minimum Gasteiger partial charge on any atom is -0.365 e. The molecule has 4 aromatic rings. The molecule has 35 heavy (non-hydrogen) atoms. The molecule has 1 fully saturated rings. The van der Waals surface area contributed by atoms with Crippen LogP contribution in [-0.4, -0.2) is 54.9 Å². The molecule has 0 bridgehead atoms. The Hall–Kier alpha value is -3.63.